The van der Waals surface area contributed by atoms with E-state index in [-0.39, 0.29) is 33.4 Å². The molecule has 0 saturated heterocycles. The molecular formula is C43H50O18. The second-order valence-electron chi connectivity index (χ2n) is 14.7. The number of ether oxygens (including phenoxy) is 6. The van der Waals surface area contributed by atoms with Crippen molar-refractivity contribution in [3.05, 3.63) is 107 Å². The van der Waals surface area contributed by atoms with Crippen molar-refractivity contribution in [1.82, 2.24) is 0 Å². The summed E-state index contributed by atoms with van der Waals surface area (Å²) in [6.45, 7) is 23.6. The molecule has 18 heteroatoms. The number of aromatic carboxylic acids is 3. The van der Waals surface area contributed by atoms with Crippen LogP contribution in [-0.4, -0.2) is 109 Å². The van der Waals surface area contributed by atoms with E-state index in [1.807, 2.05) is 0 Å². The summed E-state index contributed by atoms with van der Waals surface area (Å²) in [5.41, 5.74) is -9.03. The maximum Gasteiger partial charge on any atom is 0.336 e. The van der Waals surface area contributed by atoms with Gasteiger partial charge in [-0.3, -0.25) is 0 Å². The van der Waals surface area contributed by atoms with Crippen LogP contribution in [0.25, 0.3) is 0 Å². The van der Waals surface area contributed by atoms with Crippen LogP contribution in [0.15, 0.2) is 79.0 Å². The molecule has 0 spiro atoms. The molecule has 0 atom stereocenters. The minimum absolute atomic E-state index is 0.125. The number of hydrogen-bond donors (Lipinski definition) is 3. The molecule has 0 radical (unpaired) electrons. The van der Waals surface area contributed by atoms with E-state index in [4.69, 9.17) is 28.4 Å². The van der Waals surface area contributed by atoms with Crippen molar-refractivity contribution in [3.63, 3.8) is 0 Å². The Morgan fingerprint density at radius 3 is 0.836 bits per heavy atom. The molecule has 1 rings (SSSR count). The molecule has 0 amide bonds. The number of benzene rings is 1. The van der Waals surface area contributed by atoms with E-state index in [9.17, 15) is 58.5 Å². The Kier molecular flexibility index (Phi) is 19.0. The molecule has 0 bridgehead atoms. The molecule has 61 heavy (non-hydrogen) atoms. The van der Waals surface area contributed by atoms with Gasteiger partial charge in [-0.1, -0.05) is 39.5 Å². The summed E-state index contributed by atoms with van der Waals surface area (Å²) >= 11 is 0. The highest BCUT2D eigenvalue weighted by Gasteiger charge is 2.44. The third-order valence-electron chi connectivity index (χ3n) is 8.47. The van der Waals surface area contributed by atoms with E-state index in [1.54, 1.807) is 0 Å². The lowest BCUT2D eigenvalue weighted by molar-refractivity contribution is -0.159. The minimum atomic E-state index is -2.08. The first kappa shape index (κ1) is 51.9. The number of carbonyl (C=O) groups excluding carboxylic acids is 6. The highest BCUT2D eigenvalue weighted by atomic mass is 16.6. The summed E-state index contributed by atoms with van der Waals surface area (Å²) < 4.78 is 32.7. The average Bonchev–Trinajstić information content (AvgIpc) is 3.17. The molecule has 0 saturated carbocycles. The van der Waals surface area contributed by atoms with Crippen LogP contribution in [0.3, 0.4) is 0 Å². The van der Waals surface area contributed by atoms with Gasteiger partial charge in [-0.2, -0.15) is 0 Å². The van der Waals surface area contributed by atoms with Gasteiger partial charge in [-0.15, -0.1) is 0 Å². The van der Waals surface area contributed by atoms with Crippen molar-refractivity contribution in [2.45, 2.75) is 54.4 Å². The molecule has 0 fully saturated rings. The molecule has 0 heterocycles. The van der Waals surface area contributed by atoms with Gasteiger partial charge in [0.05, 0.1) is 27.5 Å². The van der Waals surface area contributed by atoms with E-state index in [1.165, 1.54) is 41.5 Å². The van der Waals surface area contributed by atoms with E-state index in [2.05, 4.69) is 39.5 Å². The number of carboxylic acids is 3. The van der Waals surface area contributed by atoms with Crippen LogP contribution in [0.1, 0.15) is 83.7 Å². The number of esters is 6. The first-order valence-electron chi connectivity index (χ1n) is 17.9. The van der Waals surface area contributed by atoms with Gasteiger partial charge >= 0.3 is 53.7 Å². The fraction of sp³-hybridized carbons (Fsp3) is 0.372. The second-order valence-corrected chi connectivity index (χ2v) is 14.7. The molecule has 330 valence electrons. The van der Waals surface area contributed by atoms with Crippen LogP contribution >= 0.6 is 0 Å². The molecule has 0 aliphatic carbocycles. The normalized spacial score (nSPS) is 10.9. The molecule has 1 aromatic rings. The number of carboxylic acid groups (broad SMARTS) is 3. The quantitative estimate of drug-likeness (QED) is 0.0691. The van der Waals surface area contributed by atoms with Crippen LogP contribution in [0, 0.1) is 10.8 Å². The average molecular weight is 855 g/mol. The minimum Gasteiger partial charge on any atom is -0.478 e. The molecule has 0 aromatic heterocycles. The van der Waals surface area contributed by atoms with E-state index < -0.39 is 145 Å². The van der Waals surface area contributed by atoms with E-state index in [0.29, 0.717) is 6.07 Å². The Morgan fingerprint density at radius 2 is 0.639 bits per heavy atom. The summed E-state index contributed by atoms with van der Waals surface area (Å²) in [6.07, 6.45) is -1.76. The summed E-state index contributed by atoms with van der Waals surface area (Å²) in [5.74, 6) is -11.8. The van der Waals surface area contributed by atoms with Crippen molar-refractivity contribution in [2.75, 3.05) is 39.6 Å². The number of rotatable bonds is 25. The van der Waals surface area contributed by atoms with Gasteiger partial charge in [0, 0.05) is 33.4 Å². The van der Waals surface area contributed by atoms with E-state index in [0.717, 1.165) is 0 Å². The van der Waals surface area contributed by atoms with Crippen LogP contribution in [-0.2, 0) is 70.0 Å². The third kappa shape index (κ3) is 15.2. The lowest BCUT2D eigenvalue weighted by Crippen LogP contribution is -2.44. The zero-order valence-electron chi connectivity index (χ0n) is 34.9. The molecule has 0 aliphatic rings. The molecule has 0 aliphatic heterocycles. The summed E-state index contributed by atoms with van der Waals surface area (Å²) in [4.78, 5) is 116. The molecule has 18 nitrogen and oxygen atoms in total. The second kappa shape index (κ2) is 22.3. The van der Waals surface area contributed by atoms with Crippen LogP contribution < -0.4 is 0 Å². The monoisotopic (exact) mass is 854 g/mol. The Hall–Kier alpha value is -7.11. The van der Waals surface area contributed by atoms with Gasteiger partial charge in [0.2, 0.25) is 0 Å². The predicted molar refractivity (Wildman–Crippen MR) is 214 cm³/mol. The predicted octanol–water partition coefficient (Wildman–Crippen LogP) is 4.55. The van der Waals surface area contributed by atoms with E-state index >= 15 is 0 Å². The van der Waals surface area contributed by atoms with Gasteiger partial charge in [0.15, 0.2) is 0 Å². The van der Waals surface area contributed by atoms with Crippen molar-refractivity contribution in [1.29, 1.82) is 0 Å². The van der Waals surface area contributed by atoms with Crippen molar-refractivity contribution >= 4 is 53.7 Å². The molecule has 0 unspecified atom stereocenters. The topological polar surface area (TPSA) is 270 Å². The first-order valence-corrected chi connectivity index (χ1v) is 17.9. The van der Waals surface area contributed by atoms with Crippen LogP contribution in [0.2, 0.25) is 0 Å². The lowest BCUT2D eigenvalue weighted by Gasteiger charge is -2.36. The maximum atomic E-state index is 13.2. The summed E-state index contributed by atoms with van der Waals surface area (Å²) in [7, 11) is 0. The molecular weight excluding hydrogens is 804 g/mol. The lowest BCUT2D eigenvalue weighted by atomic mass is 9.74. The van der Waals surface area contributed by atoms with Gasteiger partial charge < -0.3 is 43.7 Å². The number of hydrogen-bond acceptors (Lipinski definition) is 15. The Balaban J connectivity index is 4.71. The van der Waals surface area contributed by atoms with Crippen molar-refractivity contribution in [2.24, 2.45) is 10.8 Å². The molecule has 1 aromatic carbocycles. The summed E-state index contributed by atoms with van der Waals surface area (Å²) in [6, 6.07) is 0.544. The smallest absolute Gasteiger partial charge is 0.336 e. The SMILES string of the molecule is C=C(C)C(=O)OCC(COC(=O)C(=C)C)(COC(=O)C(=C)C)Cc1c(C(=O)O)cc(C(=O)O)c(C(=O)O)c1CC(COC(=O)C(=C)C)(COC(=O)C(=C)C)COC(=O)C(=C)C. The van der Waals surface area contributed by atoms with Gasteiger partial charge in [-0.25, -0.2) is 43.2 Å². The summed E-state index contributed by atoms with van der Waals surface area (Å²) in [5, 5.41) is 31.6. The van der Waals surface area contributed by atoms with Crippen LogP contribution in [0.4, 0.5) is 0 Å². The van der Waals surface area contributed by atoms with Crippen molar-refractivity contribution in [3.8, 4) is 0 Å². The fourth-order valence-corrected chi connectivity index (χ4v) is 5.14. The maximum absolute atomic E-state index is 13.2. The van der Waals surface area contributed by atoms with Gasteiger partial charge in [0.25, 0.3) is 0 Å². The first-order chi connectivity index (χ1) is 28.1. The largest absolute Gasteiger partial charge is 0.478 e. The highest BCUT2D eigenvalue weighted by molar-refractivity contribution is 6.06. The van der Waals surface area contributed by atoms with Gasteiger partial charge in [0.1, 0.15) is 39.6 Å². The third-order valence-corrected chi connectivity index (χ3v) is 8.47. The highest BCUT2D eigenvalue weighted by Crippen LogP contribution is 2.38. The molecule has 3 N–H and O–H groups in total. The zero-order chi connectivity index (χ0) is 47.2. The standard InChI is InChI=1S/C43H50O18/c1-22(2)36(50)56-16-42(17-57-37(51)23(3)4,18-58-38(52)24(5)6)14-30-28(33(44)45)13-29(34(46)47)32(35(48)49)31(30)15-43(19-59-39(53)25(7)8,20-60-40(54)26(9)10)21-61-41(55)27(11)12/h13H,1,3,5,7,9,11,14-21H2,2,4,6,8,10,12H3,(H,44,45)(H,46,47)(H,48,49). The van der Waals surface area contributed by atoms with Crippen LogP contribution in [0.5, 0.6) is 0 Å². The van der Waals surface area contributed by atoms with Crippen molar-refractivity contribution < 1.29 is 86.9 Å². The Bertz CT molecular complexity index is 1930. The number of carbonyl (C=O) groups is 9. The van der Waals surface area contributed by atoms with Gasteiger partial charge in [-0.05, 0) is 71.6 Å². The Morgan fingerprint density at radius 1 is 0.410 bits per heavy atom. The fourth-order valence-electron chi connectivity index (χ4n) is 5.14. The zero-order valence-corrected chi connectivity index (χ0v) is 34.9. The Labute approximate surface area is 351 Å².